The zero-order valence-electron chi connectivity index (χ0n) is 11.0. The molecule has 0 fully saturated rings. The first-order chi connectivity index (χ1) is 9.15. The molecule has 0 aliphatic rings. The zero-order chi connectivity index (χ0) is 13.4. The first-order valence-corrected chi connectivity index (χ1v) is 7.05. The molecule has 3 aromatic rings. The quantitative estimate of drug-likeness (QED) is 0.797. The SMILES string of the molecule is Cc1ncc(C(N)Cc2nc3ccccc3n2C)s1. The van der Waals surface area contributed by atoms with E-state index in [0.717, 1.165) is 33.2 Å². The highest BCUT2D eigenvalue weighted by atomic mass is 32.1. The summed E-state index contributed by atoms with van der Waals surface area (Å²) in [4.78, 5) is 10.0. The molecule has 98 valence electrons. The molecule has 0 aliphatic heterocycles. The maximum atomic E-state index is 6.25. The molecule has 1 unspecified atom stereocenters. The number of nitrogens with two attached hydrogens (primary N) is 1. The molecule has 3 rings (SSSR count). The maximum absolute atomic E-state index is 6.25. The molecule has 0 bridgehead atoms. The van der Waals surface area contributed by atoms with Gasteiger partial charge in [-0.1, -0.05) is 12.1 Å². The minimum absolute atomic E-state index is 0.0401. The van der Waals surface area contributed by atoms with Gasteiger partial charge in [0.25, 0.3) is 0 Å². The van der Waals surface area contributed by atoms with Gasteiger partial charge >= 0.3 is 0 Å². The van der Waals surface area contributed by atoms with Gasteiger partial charge in [-0.25, -0.2) is 9.97 Å². The minimum Gasteiger partial charge on any atom is -0.331 e. The summed E-state index contributed by atoms with van der Waals surface area (Å²) in [7, 11) is 2.04. The van der Waals surface area contributed by atoms with Crippen molar-refractivity contribution in [3.05, 3.63) is 46.2 Å². The van der Waals surface area contributed by atoms with E-state index < -0.39 is 0 Å². The van der Waals surface area contributed by atoms with Crippen molar-refractivity contribution in [2.45, 2.75) is 19.4 Å². The van der Waals surface area contributed by atoms with Crippen molar-refractivity contribution in [1.82, 2.24) is 14.5 Å². The largest absolute Gasteiger partial charge is 0.331 e. The van der Waals surface area contributed by atoms with Crippen LogP contribution in [0.2, 0.25) is 0 Å². The third-order valence-corrected chi connectivity index (χ3v) is 4.33. The molecule has 1 atom stereocenters. The van der Waals surface area contributed by atoms with Crippen LogP contribution in [-0.2, 0) is 13.5 Å². The van der Waals surface area contributed by atoms with Crippen molar-refractivity contribution >= 4 is 22.4 Å². The molecule has 2 aromatic heterocycles. The number of hydrogen-bond acceptors (Lipinski definition) is 4. The van der Waals surface area contributed by atoms with Gasteiger partial charge in [0, 0.05) is 30.6 Å². The first-order valence-electron chi connectivity index (χ1n) is 6.23. The van der Waals surface area contributed by atoms with E-state index in [-0.39, 0.29) is 6.04 Å². The number of aromatic nitrogens is 3. The predicted octanol–water partition coefficient (Wildman–Crippen LogP) is 2.58. The van der Waals surface area contributed by atoms with E-state index in [1.165, 1.54) is 0 Å². The summed E-state index contributed by atoms with van der Waals surface area (Å²) in [5, 5.41) is 1.05. The topological polar surface area (TPSA) is 56.7 Å². The van der Waals surface area contributed by atoms with Crippen LogP contribution >= 0.6 is 11.3 Å². The molecule has 0 spiro atoms. The van der Waals surface area contributed by atoms with Crippen molar-refractivity contribution in [3.8, 4) is 0 Å². The van der Waals surface area contributed by atoms with Crippen LogP contribution in [0.25, 0.3) is 11.0 Å². The second kappa shape index (κ2) is 4.75. The highest BCUT2D eigenvalue weighted by molar-refractivity contribution is 7.11. The summed E-state index contributed by atoms with van der Waals surface area (Å²) in [6, 6.07) is 8.10. The third kappa shape index (κ3) is 2.27. The second-order valence-corrected chi connectivity index (χ2v) is 5.93. The maximum Gasteiger partial charge on any atom is 0.111 e. The predicted molar refractivity (Wildman–Crippen MR) is 78.2 cm³/mol. The number of nitrogens with zero attached hydrogens (tertiary/aromatic N) is 3. The lowest BCUT2D eigenvalue weighted by molar-refractivity contribution is 0.673. The van der Waals surface area contributed by atoms with Crippen LogP contribution in [0.15, 0.2) is 30.5 Å². The Bertz CT molecular complexity index is 713. The lowest BCUT2D eigenvalue weighted by Crippen LogP contribution is -2.14. The summed E-state index contributed by atoms with van der Waals surface area (Å²) in [5.41, 5.74) is 8.41. The summed E-state index contributed by atoms with van der Waals surface area (Å²) >= 11 is 1.65. The van der Waals surface area contributed by atoms with Gasteiger partial charge in [-0.3, -0.25) is 0 Å². The van der Waals surface area contributed by atoms with Gasteiger partial charge in [-0.05, 0) is 19.1 Å². The Labute approximate surface area is 115 Å². The molecule has 1 aromatic carbocycles. The fourth-order valence-electron chi connectivity index (χ4n) is 2.22. The van der Waals surface area contributed by atoms with Crippen molar-refractivity contribution in [1.29, 1.82) is 0 Å². The summed E-state index contributed by atoms with van der Waals surface area (Å²) in [6.07, 6.45) is 2.60. The molecule has 0 aliphatic carbocycles. The number of para-hydroxylation sites is 2. The van der Waals surface area contributed by atoms with Crippen LogP contribution in [-0.4, -0.2) is 14.5 Å². The van der Waals surface area contributed by atoms with Gasteiger partial charge in [-0.15, -0.1) is 11.3 Å². The highest BCUT2D eigenvalue weighted by Gasteiger charge is 2.14. The fraction of sp³-hybridized carbons (Fsp3) is 0.286. The standard InChI is InChI=1S/C14H16N4S/c1-9-16-8-13(19-9)10(15)7-14-17-11-5-3-4-6-12(11)18(14)2/h3-6,8,10H,7,15H2,1-2H3. The Kier molecular flexibility index (Phi) is 3.08. The van der Waals surface area contributed by atoms with Crippen molar-refractivity contribution < 1.29 is 0 Å². The monoisotopic (exact) mass is 272 g/mol. The van der Waals surface area contributed by atoms with Crippen LogP contribution in [0.3, 0.4) is 0 Å². The average Bonchev–Trinajstić information content (AvgIpc) is 2.96. The number of fused-ring (bicyclic) bond motifs is 1. The minimum atomic E-state index is -0.0401. The van der Waals surface area contributed by atoms with Crippen LogP contribution in [0.1, 0.15) is 21.8 Å². The Balaban J connectivity index is 1.91. The van der Waals surface area contributed by atoms with Gasteiger partial charge in [-0.2, -0.15) is 0 Å². The van der Waals surface area contributed by atoms with Gasteiger partial charge in [0.05, 0.1) is 16.0 Å². The molecule has 0 amide bonds. The van der Waals surface area contributed by atoms with E-state index >= 15 is 0 Å². The number of imidazole rings is 1. The van der Waals surface area contributed by atoms with Crippen molar-refractivity contribution in [2.75, 3.05) is 0 Å². The normalized spacial score (nSPS) is 13.0. The molecule has 4 nitrogen and oxygen atoms in total. The number of thiazole rings is 1. The van der Waals surface area contributed by atoms with Crippen LogP contribution < -0.4 is 5.73 Å². The van der Waals surface area contributed by atoms with E-state index in [2.05, 4.69) is 20.6 Å². The summed E-state index contributed by atoms with van der Waals surface area (Å²) in [6.45, 7) is 2.00. The van der Waals surface area contributed by atoms with E-state index in [1.807, 2.05) is 38.4 Å². The van der Waals surface area contributed by atoms with Crippen LogP contribution in [0, 0.1) is 6.92 Å². The van der Waals surface area contributed by atoms with Crippen LogP contribution in [0.4, 0.5) is 0 Å². The smallest absolute Gasteiger partial charge is 0.111 e. The van der Waals surface area contributed by atoms with Gasteiger partial charge in [0.1, 0.15) is 5.82 Å². The average molecular weight is 272 g/mol. The lowest BCUT2D eigenvalue weighted by atomic mass is 10.2. The van der Waals surface area contributed by atoms with E-state index in [9.17, 15) is 0 Å². The number of rotatable bonds is 3. The molecule has 0 saturated heterocycles. The van der Waals surface area contributed by atoms with Gasteiger partial charge < -0.3 is 10.3 Å². The molecular weight excluding hydrogens is 256 g/mol. The molecule has 5 heteroatoms. The number of hydrogen-bond donors (Lipinski definition) is 1. The Hall–Kier alpha value is -1.72. The third-order valence-electron chi connectivity index (χ3n) is 3.29. The Morgan fingerprint density at radius 2 is 2.16 bits per heavy atom. The molecule has 2 N–H and O–H groups in total. The van der Waals surface area contributed by atoms with Crippen molar-refractivity contribution in [2.24, 2.45) is 12.8 Å². The van der Waals surface area contributed by atoms with Crippen molar-refractivity contribution in [3.63, 3.8) is 0 Å². The number of benzene rings is 1. The summed E-state index contributed by atoms with van der Waals surface area (Å²) < 4.78 is 2.11. The van der Waals surface area contributed by atoms with E-state index in [1.54, 1.807) is 11.3 Å². The summed E-state index contributed by atoms with van der Waals surface area (Å²) in [5.74, 6) is 1.01. The van der Waals surface area contributed by atoms with Gasteiger partial charge in [0.2, 0.25) is 0 Å². The molecule has 0 radical (unpaired) electrons. The fourth-order valence-corrected chi connectivity index (χ4v) is 3.01. The zero-order valence-corrected chi connectivity index (χ0v) is 11.8. The Morgan fingerprint density at radius 3 is 2.84 bits per heavy atom. The second-order valence-electron chi connectivity index (χ2n) is 4.67. The lowest BCUT2D eigenvalue weighted by Gasteiger charge is -2.08. The van der Waals surface area contributed by atoms with Crippen LogP contribution in [0.5, 0.6) is 0 Å². The Morgan fingerprint density at radius 1 is 1.37 bits per heavy atom. The first kappa shape index (κ1) is 12.3. The molecular formula is C14H16N4S. The molecule has 2 heterocycles. The highest BCUT2D eigenvalue weighted by Crippen LogP contribution is 2.23. The van der Waals surface area contributed by atoms with E-state index in [4.69, 9.17) is 5.73 Å². The van der Waals surface area contributed by atoms with E-state index in [0.29, 0.717) is 0 Å². The molecule has 0 saturated carbocycles. The molecule has 19 heavy (non-hydrogen) atoms. The van der Waals surface area contributed by atoms with Gasteiger partial charge in [0.15, 0.2) is 0 Å². The number of aryl methyl sites for hydroxylation is 2.